The molecule has 0 aromatic heterocycles. The molecule has 0 amide bonds. The molecule has 0 aliphatic heterocycles. The SMILES string of the molecule is C=C/C=C\C(=C/CC)C1(C(/C=C\C)=C/C)C(/C=C\C)=C(C=C)C(=C/C)/C1=C\C. The van der Waals surface area contributed by atoms with Crippen molar-refractivity contribution in [2.75, 3.05) is 0 Å². The number of hydrogen-bond donors (Lipinski definition) is 0. The van der Waals surface area contributed by atoms with Crippen molar-refractivity contribution >= 4 is 0 Å². The van der Waals surface area contributed by atoms with Crippen LogP contribution in [0.1, 0.15) is 48.0 Å². The summed E-state index contributed by atoms with van der Waals surface area (Å²) in [4.78, 5) is 0. The number of hydrogen-bond acceptors (Lipinski definition) is 0. The van der Waals surface area contributed by atoms with Crippen LogP contribution in [0.4, 0.5) is 0 Å². The summed E-state index contributed by atoms with van der Waals surface area (Å²) in [6, 6.07) is 0. The van der Waals surface area contributed by atoms with E-state index in [1.165, 1.54) is 33.4 Å². The van der Waals surface area contributed by atoms with Gasteiger partial charge in [0, 0.05) is 0 Å². The van der Waals surface area contributed by atoms with E-state index < -0.39 is 0 Å². The largest absolute Gasteiger partial charge is 0.0991 e. The Labute approximate surface area is 173 Å². The molecule has 0 radical (unpaired) electrons. The Morgan fingerprint density at radius 2 is 1.64 bits per heavy atom. The highest BCUT2D eigenvalue weighted by molar-refractivity contribution is 5.77. The van der Waals surface area contributed by atoms with Gasteiger partial charge < -0.3 is 0 Å². The van der Waals surface area contributed by atoms with Crippen molar-refractivity contribution in [1.82, 2.24) is 0 Å². The van der Waals surface area contributed by atoms with Crippen LogP contribution in [0, 0.1) is 5.41 Å². The second kappa shape index (κ2) is 11.3. The normalized spacial score (nSPS) is 24.6. The molecule has 148 valence electrons. The Kier molecular flexibility index (Phi) is 9.45. The second-order valence-electron chi connectivity index (χ2n) is 6.59. The maximum absolute atomic E-state index is 4.16. The maximum atomic E-state index is 4.16. The zero-order chi connectivity index (χ0) is 21.2. The molecule has 28 heavy (non-hydrogen) atoms. The number of allylic oxidation sites excluding steroid dienone is 18. The first-order valence-corrected chi connectivity index (χ1v) is 10.2. The highest BCUT2D eigenvalue weighted by atomic mass is 14.5. The van der Waals surface area contributed by atoms with E-state index >= 15 is 0 Å². The van der Waals surface area contributed by atoms with Gasteiger partial charge in [0.15, 0.2) is 0 Å². The zero-order valence-electron chi connectivity index (χ0n) is 18.5. The van der Waals surface area contributed by atoms with E-state index in [9.17, 15) is 0 Å². The fourth-order valence-electron chi connectivity index (χ4n) is 4.27. The molecule has 0 nitrogen and oxygen atoms in total. The summed E-state index contributed by atoms with van der Waals surface area (Å²) in [6.45, 7) is 20.8. The molecule has 0 bridgehead atoms. The molecule has 1 aliphatic carbocycles. The van der Waals surface area contributed by atoms with Crippen molar-refractivity contribution in [3.05, 3.63) is 120 Å². The molecule has 0 saturated carbocycles. The van der Waals surface area contributed by atoms with Gasteiger partial charge in [-0.2, -0.15) is 0 Å². The van der Waals surface area contributed by atoms with Crippen LogP contribution < -0.4 is 0 Å². The molecule has 0 heteroatoms. The van der Waals surface area contributed by atoms with Crippen molar-refractivity contribution in [2.45, 2.75) is 48.0 Å². The Morgan fingerprint density at radius 3 is 2.07 bits per heavy atom. The van der Waals surface area contributed by atoms with Gasteiger partial charge in [-0.25, -0.2) is 0 Å². The standard InChI is InChI=1S/C28H36/c1-9-17-21-23(19-11-3)28(22(13-5)18-10-2)26(16-8)24(14-6)25(15-7)27(28)20-12-4/h9-10,12-21H,1,7,11H2,2-6,8H3/b18-10-,20-12-,21-17-,22-13+,23-19+,24-14-,26-16+. The van der Waals surface area contributed by atoms with Gasteiger partial charge in [0.1, 0.15) is 0 Å². The van der Waals surface area contributed by atoms with Gasteiger partial charge in [0.25, 0.3) is 0 Å². The molecule has 0 saturated heterocycles. The average molecular weight is 373 g/mol. The lowest BCUT2D eigenvalue weighted by Gasteiger charge is -2.37. The van der Waals surface area contributed by atoms with Gasteiger partial charge in [-0.05, 0) is 74.5 Å². The number of rotatable bonds is 8. The van der Waals surface area contributed by atoms with Gasteiger partial charge in [-0.3, -0.25) is 0 Å². The van der Waals surface area contributed by atoms with Gasteiger partial charge in [-0.15, -0.1) is 0 Å². The summed E-state index contributed by atoms with van der Waals surface area (Å²) in [5.41, 5.74) is 7.18. The average Bonchev–Trinajstić information content (AvgIpc) is 2.98. The smallest absolute Gasteiger partial charge is 0.0703 e. The van der Waals surface area contributed by atoms with Crippen LogP contribution >= 0.6 is 0 Å². The Balaban J connectivity index is 4.31. The summed E-state index contributed by atoms with van der Waals surface area (Å²) in [5.74, 6) is 0. The van der Waals surface area contributed by atoms with E-state index in [4.69, 9.17) is 0 Å². The van der Waals surface area contributed by atoms with Gasteiger partial charge in [0.2, 0.25) is 0 Å². The highest BCUT2D eigenvalue weighted by Gasteiger charge is 2.48. The topological polar surface area (TPSA) is 0 Å². The molecule has 0 heterocycles. The van der Waals surface area contributed by atoms with Crippen molar-refractivity contribution in [3.63, 3.8) is 0 Å². The van der Waals surface area contributed by atoms with Gasteiger partial charge in [0.05, 0.1) is 5.41 Å². The van der Waals surface area contributed by atoms with E-state index in [0.29, 0.717) is 0 Å². The lowest BCUT2D eigenvalue weighted by Crippen LogP contribution is -2.27. The molecular weight excluding hydrogens is 336 g/mol. The second-order valence-corrected chi connectivity index (χ2v) is 6.59. The first-order valence-electron chi connectivity index (χ1n) is 10.2. The fraction of sp³-hybridized carbons (Fsp3) is 0.286. The first-order chi connectivity index (χ1) is 13.6. The van der Waals surface area contributed by atoms with Crippen LogP contribution in [0.5, 0.6) is 0 Å². The molecule has 0 aromatic carbocycles. The van der Waals surface area contributed by atoms with E-state index in [1.807, 2.05) is 18.2 Å². The van der Waals surface area contributed by atoms with E-state index in [0.717, 1.165) is 6.42 Å². The predicted molar refractivity (Wildman–Crippen MR) is 128 cm³/mol. The van der Waals surface area contributed by atoms with Crippen molar-refractivity contribution in [2.24, 2.45) is 5.41 Å². The van der Waals surface area contributed by atoms with Crippen LogP contribution in [0.3, 0.4) is 0 Å². The Hall–Kier alpha value is -2.60. The van der Waals surface area contributed by atoms with E-state index in [1.54, 1.807) is 0 Å². The minimum absolute atomic E-state index is 0.372. The van der Waals surface area contributed by atoms with Crippen molar-refractivity contribution in [3.8, 4) is 0 Å². The van der Waals surface area contributed by atoms with E-state index in [2.05, 4.69) is 109 Å². The Bertz CT molecular complexity index is 825. The van der Waals surface area contributed by atoms with Crippen molar-refractivity contribution in [1.29, 1.82) is 0 Å². The highest BCUT2D eigenvalue weighted by Crippen LogP contribution is 2.60. The van der Waals surface area contributed by atoms with Crippen molar-refractivity contribution < 1.29 is 0 Å². The Morgan fingerprint density at radius 1 is 0.929 bits per heavy atom. The molecule has 1 aliphatic rings. The summed E-state index contributed by atoms with van der Waals surface area (Å²) in [7, 11) is 0. The third-order valence-electron chi connectivity index (χ3n) is 5.15. The third kappa shape index (κ3) is 3.97. The summed E-state index contributed by atoms with van der Waals surface area (Å²) >= 11 is 0. The minimum Gasteiger partial charge on any atom is -0.0991 e. The van der Waals surface area contributed by atoms with Gasteiger partial charge in [-0.1, -0.05) is 93.0 Å². The third-order valence-corrected chi connectivity index (χ3v) is 5.15. The van der Waals surface area contributed by atoms with Crippen LogP contribution in [-0.4, -0.2) is 0 Å². The molecule has 0 fully saturated rings. The monoisotopic (exact) mass is 372 g/mol. The molecule has 1 rings (SSSR count). The van der Waals surface area contributed by atoms with Crippen LogP contribution in [0.15, 0.2) is 120 Å². The molecule has 0 aromatic rings. The van der Waals surface area contributed by atoms with Crippen LogP contribution in [-0.2, 0) is 0 Å². The van der Waals surface area contributed by atoms with Crippen LogP contribution in [0.2, 0.25) is 0 Å². The van der Waals surface area contributed by atoms with Crippen LogP contribution in [0.25, 0.3) is 0 Å². The minimum atomic E-state index is -0.372. The summed E-state index contributed by atoms with van der Waals surface area (Å²) in [6.07, 6.45) is 26.8. The van der Waals surface area contributed by atoms with E-state index in [-0.39, 0.29) is 5.41 Å². The molecule has 1 atom stereocenters. The quantitative estimate of drug-likeness (QED) is 0.374. The molecule has 1 unspecified atom stereocenters. The first kappa shape index (κ1) is 23.4. The molecule has 0 spiro atoms. The zero-order valence-corrected chi connectivity index (χ0v) is 18.5. The summed E-state index contributed by atoms with van der Waals surface area (Å²) < 4.78 is 0. The lowest BCUT2D eigenvalue weighted by molar-refractivity contribution is 0.675. The molecular formula is C28H36. The molecule has 0 N–H and O–H groups in total. The van der Waals surface area contributed by atoms with Gasteiger partial charge >= 0.3 is 0 Å². The lowest BCUT2D eigenvalue weighted by atomic mass is 9.64. The maximum Gasteiger partial charge on any atom is 0.0703 e. The summed E-state index contributed by atoms with van der Waals surface area (Å²) in [5, 5.41) is 0. The fourth-order valence-corrected chi connectivity index (χ4v) is 4.27. The predicted octanol–water partition coefficient (Wildman–Crippen LogP) is 8.54.